The first-order valence-corrected chi connectivity index (χ1v) is 9.21. The largest absolute Gasteiger partial charge is 0.492 e. The van der Waals surface area contributed by atoms with Gasteiger partial charge in [0.1, 0.15) is 5.75 Å². The minimum atomic E-state index is -0.588. The lowest BCUT2D eigenvalue weighted by Crippen LogP contribution is -2.53. The Balaban J connectivity index is 0.00000364. The first-order valence-electron chi connectivity index (χ1n) is 9.21. The number of nitrogens with two attached hydrogens (primary N) is 1. The zero-order valence-electron chi connectivity index (χ0n) is 16.7. The van der Waals surface area contributed by atoms with Crippen LogP contribution in [-0.2, 0) is 9.59 Å². The zero-order chi connectivity index (χ0) is 19.1. The van der Waals surface area contributed by atoms with Crippen LogP contribution in [0.3, 0.4) is 0 Å². The minimum absolute atomic E-state index is 0. The lowest BCUT2D eigenvalue weighted by atomic mass is 10.1. The van der Waals surface area contributed by atoms with Crippen LogP contribution in [0.25, 0.3) is 0 Å². The fraction of sp³-hybridized carbons (Fsp3) is 0.579. The van der Waals surface area contributed by atoms with E-state index in [1.807, 2.05) is 45.0 Å². The number of carbonyl (C=O) groups is 2. The third-order valence-electron chi connectivity index (χ3n) is 4.57. The number of amides is 2. The lowest BCUT2D eigenvalue weighted by Gasteiger charge is -2.36. The first-order chi connectivity index (χ1) is 12.4. The zero-order valence-corrected chi connectivity index (χ0v) is 18.4. The molecule has 0 unspecified atom stereocenters. The number of hydrogen-bond donors (Lipinski definition) is 2. The average molecular weight is 435 g/mol. The Morgan fingerprint density at radius 1 is 1.14 bits per heavy atom. The highest BCUT2D eigenvalue weighted by Gasteiger charge is 2.24. The number of ether oxygens (including phenoxy) is 1. The summed E-state index contributed by atoms with van der Waals surface area (Å²) in [5.41, 5.74) is 6.84. The van der Waals surface area contributed by atoms with E-state index in [2.05, 4.69) is 10.2 Å². The molecule has 0 saturated carbocycles. The van der Waals surface area contributed by atoms with Crippen LogP contribution >= 0.6 is 24.8 Å². The molecule has 0 aromatic heterocycles. The highest BCUT2D eigenvalue weighted by Crippen LogP contribution is 2.28. The molecular formula is C19H32Cl2N4O3. The molecule has 1 heterocycles. The maximum absolute atomic E-state index is 12.3. The van der Waals surface area contributed by atoms with E-state index in [0.717, 1.165) is 24.5 Å². The molecule has 7 nitrogen and oxygen atoms in total. The number of para-hydroxylation sites is 2. The maximum atomic E-state index is 12.3. The second-order valence-electron chi connectivity index (χ2n) is 6.76. The molecule has 3 N–H and O–H groups in total. The van der Waals surface area contributed by atoms with Gasteiger partial charge < -0.3 is 25.6 Å². The van der Waals surface area contributed by atoms with Crippen LogP contribution in [0.1, 0.15) is 20.8 Å². The van der Waals surface area contributed by atoms with Gasteiger partial charge in [-0.25, -0.2) is 0 Å². The number of piperazine rings is 1. The molecule has 1 aromatic rings. The summed E-state index contributed by atoms with van der Waals surface area (Å²) in [6.45, 7) is 9.04. The van der Waals surface area contributed by atoms with E-state index in [9.17, 15) is 9.59 Å². The van der Waals surface area contributed by atoms with Crippen LogP contribution in [-0.4, -0.2) is 62.1 Å². The summed E-state index contributed by atoms with van der Waals surface area (Å²) in [6.07, 6.45) is 0. The monoisotopic (exact) mass is 434 g/mol. The fourth-order valence-electron chi connectivity index (χ4n) is 2.89. The number of nitrogens with zero attached hydrogens (tertiary/aromatic N) is 2. The summed E-state index contributed by atoms with van der Waals surface area (Å²) in [7, 11) is 0. The van der Waals surface area contributed by atoms with Crippen molar-refractivity contribution in [3.8, 4) is 5.75 Å². The molecule has 1 aliphatic heterocycles. The predicted octanol–water partition coefficient (Wildman–Crippen LogP) is 1.68. The van der Waals surface area contributed by atoms with E-state index in [1.165, 1.54) is 0 Å². The molecule has 1 atom stereocenters. The molecular weight excluding hydrogens is 403 g/mol. The maximum Gasteiger partial charge on any atom is 0.242 e. The number of nitrogens with one attached hydrogen (secondary N) is 1. The second-order valence-corrected chi connectivity index (χ2v) is 6.76. The van der Waals surface area contributed by atoms with Gasteiger partial charge in [0.2, 0.25) is 11.8 Å². The van der Waals surface area contributed by atoms with Crippen molar-refractivity contribution in [3.05, 3.63) is 24.3 Å². The quantitative estimate of drug-likeness (QED) is 0.681. The Bertz CT molecular complexity index is 623. The number of carbonyl (C=O) groups excluding carboxylic acids is 2. The van der Waals surface area contributed by atoms with Gasteiger partial charge in [-0.2, -0.15) is 0 Å². The van der Waals surface area contributed by atoms with Crippen molar-refractivity contribution < 1.29 is 14.3 Å². The van der Waals surface area contributed by atoms with Gasteiger partial charge in [0.05, 0.1) is 24.9 Å². The number of hydrogen-bond acceptors (Lipinski definition) is 5. The molecule has 0 aliphatic carbocycles. The first kappa shape index (κ1) is 26.3. The van der Waals surface area contributed by atoms with Crippen molar-refractivity contribution in [2.45, 2.75) is 26.8 Å². The van der Waals surface area contributed by atoms with Gasteiger partial charge in [-0.15, -0.1) is 24.8 Å². The minimum Gasteiger partial charge on any atom is -0.492 e. The van der Waals surface area contributed by atoms with Gasteiger partial charge in [0.25, 0.3) is 0 Å². The van der Waals surface area contributed by atoms with E-state index < -0.39 is 6.04 Å². The van der Waals surface area contributed by atoms with E-state index in [4.69, 9.17) is 10.5 Å². The molecule has 2 amide bonds. The van der Waals surface area contributed by atoms with Gasteiger partial charge in [0, 0.05) is 26.2 Å². The topological polar surface area (TPSA) is 87.9 Å². The van der Waals surface area contributed by atoms with E-state index >= 15 is 0 Å². The fourth-order valence-corrected chi connectivity index (χ4v) is 2.89. The molecule has 0 radical (unpaired) electrons. The molecule has 160 valence electrons. The van der Waals surface area contributed by atoms with E-state index in [-0.39, 0.29) is 49.1 Å². The second kappa shape index (κ2) is 12.7. The van der Waals surface area contributed by atoms with Crippen molar-refractivity contribution in [1.82, 2.24) is 10.2 Å². The Labute approximate surface area is 179 Å². The number of halogens is 2. The van der Waals surface area contributed by atoms with Gasteiger partial charge in [0.15, 0.2) is 0 Å². The Morgan fingerprint density at radius 3 is 2.32 bits per heavy atom. The predicted molar refractivity (Wildman–Crippen MR) is 117 cm³/mol. The molecule has 1 fully saturated rings. The van der Waals surface area contributed by atoms with Gasteiger partial charge >= 0.3 is 0 Å². The lowest BCUT2D eigenvalue weighted by molar-refractivity contribution is -0.133. The number of benzene rings is 1. The molecule has 1 saturated heterocycles. The SMILES string of the molecule is CCOc1ccccc1N1CCN(C(=O)CNC(=O)[C@@H](N)C(C)C)CC1.Cl.Cl. The third-order valence-corrected chi connectivity index (χ3v) is 4.57. The van der Waals surface area contributed by atoms with Crippen molar-refractivity contribution in [2.24, 2.45) is 11.7 Å². The normalized spacial score (nSPS) is 14.6. The van der Waals surface area contributed by atoms with Crippen molar-refractivity contribution >= 4 is 42.3 Å². The van der Waals surface area contributed by atoms with E-state index in [0.29, 0.717) is 19.7 Å². The highest BCUT2D eigenvalue weighted by atomic mass is 35.5. The standard InChI is InChI=1S/C19H30N4O3.2ClH/c1-4-26-16-8-6-5-7-15(16)22-9-11-23(12-10-22)17(24)13-21-19(25)18(20)14(2)3;;/h5-8,14,18H,4,9-13,20H2,1-3H3,(H,21,25);2*1H/t18-;;/m0../s1. The van der Waals surface area contributed by atoms with Crippen molar-refractivity contribution in [3.63, 3.8) is 0 Å². The summed E-state index contributed by atoms with van der Waals surface area (Å²) in [6, 6.07) is 7.36. The van der Waals surface area contributed by atoms with Gasteiger partial charge in [-0.3, -0.25) is 9.59 Å². The summed E-state index contributed by atoms with van der Waals surface area (Å²) in [5, 5.41) is 2.64. The Kier molecular flexibility index (Phi) is 11.9. The van der Waals surface area contributed by atoms with Crippen LogP contribution in [0.15, 0.2) is 24.3 Å². The molecule has 9 heteroatoms. The smallest absolute Gasteiger partial charge is 0.242 e. The third kappa shape index (κ3) is 7.04. The molecule has 1 aliphatic rings. The Hall–Kier alpha value is -1.70. The summed E-state index contributed by atoms with van der Waals surface area (Å²) in [4.78, 5) is 28.2. The summed E-state index contributed by atoms with van der Waals surface area (Å²) in [5.74, 6) is 0.549. The van der Waals surface area contributed by atoms with Crippen LogP contribution in [0, 0.1) is 5.92 Å². The summed E-state index contributed by atoms with van der Waals surface area (Å²) < 4.78 is 5.69. The Morgan fingerprint density at radius 2 is 1.75 bits per heavy atom. The van der Waals surface area contributed by atoms with Crippen LogP contribution in [0.4, 0.5) is 5.69 Å². The van der Waals surface area contributed by atoms with Crippen molar-refractivity contribution in [1.29, 1.82) is 0 Å². The molecule has 28 heavy (non-hydrogen) atoms. The van der Waals surface area contributed by atoms with Crippen LogP contribution in [0.5, 0.6) is 5.75 Å². The van der Waals surface area contributed by atoms with Gasteiger partial charge in [-0.1, -0.05) is 26.0 Å². The van der Waals surface area contributed by atoms with Crippen LogP contribution < -0.4 is 20.7 Å². The van der Waals surface area contributed by atoms with Gasteiger partial charge in [-0.05, 0) is 25.0 Å². The van der Waals surface area contributed by atoms with Crippen LogP contribution in [0.2, 0.25) is 0 Å². The summed E-state index contributed by atoms with van der Waals surface area (Å²) >= 11 is 0. The average Bonchev–Trinajstić information content (AvgIpc) is 2.66. The number of rotatable bonds is 7. The molecule has 2 rings (SSSR count). The number of anilines is 1. The molecule has 0 bridgehead atoms. The highest BCUT2D eigenvalue weighted by molar-refractivity contribution is 5.87. The molecule has 1 aromatic carbocycles. The van der Waals surface area contributed by atoms with Crippen molar-refractivity contribution in [2.75, 3.05) is 44.2 Å². The van der Waals surface area contributed by atoms with E-state index in [1.54, 1.807) is 4.90 Å². The molecule has 0 spiro atoms.